The van der Waals surface area contributed by atoms with E-state index in [1.165, 1.54) is 36.7 Å². The average Bonchev–Trinajstić information content (AvgIpc) is 1.63. The fourth-order valence-corrected chi connectivity index (χ4v) is 21.3. The molecule has 4 aromatic carbocycles. The number of esters is 4. The van der Waals surface area contributed by atoms with E-state index >= 15 is 0 Å². The van der Waals surface area contributed by atoms with Crippen LogP contribution in [0.4, 0.5) is 17.6 Å². The molecule has 500 valence electrons. The fraction of sp³-hybridized carbons (Fsp3) is 0.600. The summed E-state index contributed by atoms with van der Waals surface area (Å²) in [6.45, 7) is 9.75. The third-order valence-electron chi connectivity index (χ3n) is 21.1. The SMILES string of the molecule is CC(C)(C)c1ccc([S+]2CCOCC2)cc1.CC(F)(F)C(=O)OC12CC3CC(C1)C1(OC4OC5C(O)C(=O)OC5C4O1)C(C3)C2.CC(F)(F)C(=O)OC12CC3CC(C1)C1(OC4OC5C(O)C(=O)OC5C4O1)C(C3)C2.c1ccc([S+](c2ccccc2)c2ccccc2)cc1. The number of carbonyl (C=O) groups is 4. The summed E-state index contributed by atoms with van der Waals surface area (Å²) in [5, 5.41) is 19.8. The highest BCUT2D eigenvalue weighted by Crippen LogP contribution is 2.67. The second-order valence-corrected chi connectivity index (χ2v) is 32.9. The van der Waals surface area contributed by atoms with E-state index < -0.39 is 120 Å². The molecule has 0 amide bonds. The van der Waals surface area contributed by atoms with E-state index in [0.29, 0.717) is 63.3 Å². The van der Waals surface area contributed by atoms with Crippen molar-refractivity contribution >= 4 is 45.7 Å². The molecule has 4 aromatic rings. The second-order valence-electron chi connectivity index (χ2n) is 28.6. The first-order valence-corrected chi connectivity index (χ1v) is 35.3. The Kier molecular flexibility index (Phi) is 17.1. The van der Waals surface area contributed by atoms with Crippen LogP contribution in [0.5, 0.6) is 0 Å². The highest BCUT2D eigenvalue weighted by molar-refractivity contribution is 7.97. The van der Waals surface area contributed by atoms with Crippen molar-refractivity contribution in [2.24, 2.45) is 35.5 Å². The quantitative estimate of drug-likeness (QED) is 0.0728. The average molecular weight is 1330 g/mol. The molecule has 8 bridgehead atoms. The Bertz CT molecular complexity index is 3150. The van der Waals surface area contributed by atoms with Gasteiger partial charge in [0.2, 0.25) is 0 Å². The van der Waals surface area contributed by atoms with E-state index in [4.69, 9.17) is 52.1 Å². The second kappa shape index (κ2) is 24.4. The van der Waals surface area contributed by atoms with Crippen LogP contribution in [-0.4, -0.2) is 155 Å². The summed E-state index contributed by atoms with van der Waals surface area (Å²) in [7, 11) is 0.417. The van der Waals surface area contributed by atoms with Gasteiger partial charge in [-0.2, -0.15) is 17.6 Å². The number of hydrogen-bond acceptors (Lipinski definition) is 17. The third-order valence-corrected chi connectivity index (χ3v) is 25.6. The lowest BCUT2D eigenvalue weighted by Gasteiger charge is -2.62. The molecule has 0 aromatic heterocycles. The van der Waals surface area contributed by atoms with Gasteiger partial charge >= 0.3 is 35.7 Å². The molecule has 19 rings (SSSR count). The highest BCUT2D eigenvalue weighted by atomic mass is 32.2. The van der Waals surface area contributed by atoms with Crippen molar-refractivity contribution in [2.75, 3.05) is 24.7 Å². The number of halogens is 4. The molecule has 8 saturated carbocycles. The minimum absolute atomic E-state index is 0.0146. The van der Waals surface area contributed by atoms with Gasteiger partial charge in [-0.3, -0.25) is 0 Å². The Morgan fingerprint density at radius 1 is 0.505 bits per heavy atom. The number of hydrogen-bond donors (Lipinski definition) is 2. The molecule has 7 saturated heterocycles. The van der Waals surface area contributed by atoms with E-state index in [1.807, 2.05) is 0 Å². The lowest BCUT2D eigenvalue weighted by Crippen LogP contribution is -2.66. The summed E-state index contributed by atoms with van der Waals surface area (Å²) in [4.78, 5) is 52.7. The largest absolute Gasteiger partial charge is 0.455 e. The molecule has 14 unspecified atom stereocenters. The smallest absolute Gasteiger partial charge is 0.377 e. The van der Waals surface area contributed by atoms with Crippen LogP contribution >= 0.6 is 0 Å². The van der Waals surface area contributed by atoms with Crippen molar-refractivity contribution in [3.05, 3.63) is 121 Å². The molecule has 15 aliphatic rings. The highest BCUT2D eigenvalue weighted by Gasteiger charge is 2.75. The molecular weight excluding hydrogens is 1250 g/mol. The molecule has 23 heteroatoms. The van der Waals surface area contributed by atoms with Gasteiger partial charge in [-0.1, -0.05) is 87.5 Å². The van der Waals surface area contributed by atoms with Crippen molar-refractivity contribution in [3.8, 4) is 0 Å². The molecule has 14 atom stereocenters. The van der Waals surface area contributed by atoms with E-state index in [2.05, 4.69) is 136 Å². The van der Waals surface area contributed by atoms with Gasteiger partial charge in [0.25, 0.3) is 0 Å². The van der Waals surface area contributed by atoms with E-state index in [0.717, 1.165) is 38.9 Å². The molecule has 7 heterocycles. The molecule has 0 radical (unpaired) electrons. The van der Waals surface area contributed by atoms with E-state index in [-0.39, 0.29) is 51.8 Å². The summed E-state index contributed by atoms with van der Waals surface area (Å²) in [6.07, 6.45) is -2.76. The molecule has 93 heavy (non-hydrogen) atoms. The van der Waals surface area contributed by atoms with Crippen LogP contribution in [0.2, 0.25) is 0 Å². The summed E-state index contributed by atoms with van der Waals surface area (Å²) < 4.78 is 117. The van der Waals surface area contributed by atoms with Gasteiger partial charge in [0.1, 0.15) is 34.9 Å². The molecule has 8 aliphatic carbocycles. The van der Waals surface area contributed by atoms with Crippen LogP contribution in [0, 0.1) is 35.5 Å². The maximum Gasteiger partial charge on any atom is 0.377 e. The van der Waals surface area contributed by atoms with Crippen molar-refractivity contribution in [1.82, 2.24) is 0 Å². The van der Waals surface area contributed by atoms with Crippen molar-refractivity contribution in [2.45, 2.75) is 220 Å². The van der Waals surface area contributed by atoms with Crippen LogP contribution in [0.25, 0.3) is 0 Å². The molecule has 2 N–H and O–H groups in total. The number of rotatable bonds is 8. The lowest BCUT2D eigenvalue weighted by atomic mass is 9.51. The summed E-state index contributed by atoms with van der Waals surface area (Å²) in [5.74, 6) is -11.1. The molecule has 17 nitrogen and oxygen atoms in total. The van der Waals surface area contributed by atoms with Gasteiger partial charge in [0.15, 0.2) is 80.4 Å². The zero-order valence-electron chi connectivity index (χ0n) is 52.5. The Morgan fingerprint density at radius 2 is 0.871 bits per heavy atom. The first kappa shape index (κ1) is 65.1. The summed E-state index contributed by atoms with van der Waals surface area (Å²) in [6, 6.07) is 41.4. The van der Waals surface area contributed by atoms with Gasteiger partial charge in [0, 0.05) is 48.4 Å². The van der Waals surface area contributed by atoms with Gasteiger partial charge in [-0.05, 0) is 136 Å². The topological polar surface area (TPSA) is 210 Å². The van der Waals surface area contributed by atoms with Gasteiger partial charge in [-0.25, -0.2) is 19.2 Å². The third kappa shape index (κ3) is 12.1. The first-order valence-electron chi connectivity index (χ1n) is 32.5. The van der Waals surface area contributed by atoms with Crippen LogP contribution in [0.3, 0.4) is 0 Å². The number of aliphatic hydroxyl groups is 2. The van der Waals surface area contributed by atoms with Crippen molar-refractivity contribution in [3.63, 3.8) is 0 Å². The zero-order valence-corrected chi connectivity index (χ0v) is 54.1. The van der Waals surface area contributed by atoms with E-state index in [1.54, 1.807) is 0 Å². The minimum atomic E-state index is -3.53. The van der Waals surface area contributed by atoms with Crippen LogP contribution in [0.15, 0.2) is 135 Å². The Balaban J connectivity index is 0.000000111. The van der Waals surface area contributed by atoms with Gasteiger partial charge in [-0.15, -0.1) is 0 Å². The maximum atomic E-state index is 13.4. The molecular formula is C70H80F4O17S2+2. The van der Waals surface area contributed by atoms with Crippen LogP contribution in [0.1, 0.15) is 104 Å². The summed E-state index contributed by atoms with van der Waals surface area (Å²) >= 11 is 0. The number of aliphatic hydroxyl groups excluding tert-OH is 2. The minimum Gasteiger partial charge on any atom is -0.455 e. The van der Waals surface area contributed by atoms with Crippen molar-refractivity contribution < 1.29 is 99.1 Å². The normalized spacial score (nSPS) is 39.4. The zero-order chi connectivity index (χ0) is 65.2. The monoisotopic (exact) mass is 1330 g/mol. The number of ether oxygens (including phenoxy) is 11. The lowest BCUT2D eigenvalue weighted by molar-refractivity contribution is -0.343. The number of carbonyl (C=O) groups excluding carboxylic acids is 4. The Labute approximate surface area is 543 Å². The molecule has 2 spiro atoms. The van der Waals surface area contributed by atoms with Gasteiger partial charge in [0.05, 0.1) is 24.1 Å². The maximum absolute atomic E-state index is 13.4. The predicted octanol–water partition coefficient (Wildman–Crippen LogP) is 9.55. The summed E-state index contributed by atoms with van der Waals surface area (Å²) in [5.41, 5.74) is -0.144. The van der Waals surface area contributed by atoms with E-state index in [9.17, 15) is 47.0 Å². The standard InChI is InChI=1S/2C19H22F2O8.C18H15S.C14H21OS/c2*1-17(20,21)16(24)29-18-4-7-2-8(5-18)19(9(3-7)6-18)27-13-12-11(26-15(13)28-19)10(22)14(23)25-12;1-4-10-16(11-5-1)19(17-12-6-2-7-13-17)18-14-8-3-9-15-18;1-14(2,3)12-4-6-13(7-5-12)16-10-8-15-9-11-16/h2*7-13,15,22H,2-6H2,1H3;1-15H;4-7H,8-11H2,1-3H3/q;;2*+1. The van der Waals surface area contributed by atoms with Crippen molar-refractivity contribution in [1.29, 1.82) is 0 Å². The molecule has 7 aliphatic heterocycles. The fourth-order valence-electron chi connectivity index (χ4n) is 17.3. The molecule has 15 fully saturated rings. The predicted molar refractivity (Wildman–Crippen MR) is 325 cm³/mol. The first-order chi connectivity index (χ1) is 44.2. The number of alkyl halides is 4. The Hall–Kier alpha value is -5.18. The van der Waals surface area contributed by atoms with Crippen LogP contribution in [-0.2, 0) is 98.5 Å². The van der Waals surface area contributed by atoms with Crippen LogP contribution < -0.4 is 0 Å². The number of benzene rings is 4. The number of fused-ring (bicyclic) bond motifs is 6. The Morgan fingerprint density at radius 3 is 1.22 bits per heavy atom. The van der Waals surface area contributed by atoms with Gasteiger partial charge < -0.3 is 62.3 Å².